The lowest BCUT2D eigenvalue weighted by atomic mass is 10.3. The van der Waals surface area contributed by atoms with Crippen LogP contribution in [0.15, 0.2) is 5.16 Å². The highest BCUT2D eigenvalue weighted by Crippen LogP contribution is 1.94. The molecule has 0 aliphatic carbocycles. The van der Waals surface area contributed by atoms with E-state index in [1.807, 2.05) is 0 Å². The molecule has 0 saturated carbocycles. The Morgan fingerprint density at radius 2 is 2.56 bits per heavy atom. The van der Waals surface area contributed by atoms with Crippen molar-refractivity contribution in [1.82, 2.24) is 5.32 Å². The minimum atomic E-state index is 0.0193. The highest BCUT2D eigenvalue weighted by Gasteiger charge is 2.15. The van der Waals surface area contributed by atoms with Crippen LogP contribution in [0.3, 0.4) is 0 Å². The van der Waals surface area contributed by atoms with Crippen molar-refractivity contribution in [3.05, 3.63) is 0 Å². The van der Waals surface area contributed by atoms with Crippen LogP contribution in [0.25, 0.3) is 0 Å². The molecule has 1 rings (SSSR count). The van der Waals surface area contributed by atoms with Gasteiger partial charge in [-0.25, -0.2) is 0 Å². The van der Waals surface area contributed by atoms with Gasteiger partial charge in [0.1, 0.15) is 7.11 Å². The summed E-state index contributed by atoms with van der Waals surface area (Å²) < 4.78 is 0. The van der Waals surface area contributed by atoms with Crippen molar-refractivity contribution in [2.24, 2.45) is 5.16 Å². The van der Waals surface area contributed by atoms with Crippen molar-refractivity contribution in [3.8, 4) is 0 Å². The van der Waals surface area contributed by atoms with Gasteiger partial charge >= 0.3 is 0 Å². The quantitative estimate of drug-likeness (QED) is 0.484. The molecular formula is C5H8N2O2. The zero-order valence-electron chi connectivity index (χ0n) is 5.18. The predicted octanol–water partition coefficient (Wildman–Crippen LogP) is -0.491. The second-order valence-corrected chi connectivity index (χ2v) is 1.79. The topological polar surface area (TPSA) is 50.7 Å². The van der Waals surface area contributed by atoms with E-state index in [-0.39, 0.29) is 5.91 Å². The minimum Gasteiger partial charge on any atom is -0.399 e. The van der Waals surface area contributed by atoms with Crippen molar-refractivity contribution in [1.29, 1.82) is 0 Å². The normalized spacial score (nSPS) is 22.3. The summed E-state index contributed by atoms with van der Waals surface area (Å²) >= 11 is 0. The van der Waals surface area contributed by atoms with Gasteiger partial charge in [0.05, 0.1) is 18.7 Å². The summed E-state index contributed by atoms with van der Waals surface area (Å²) in [6.45, 7) is 0.534. The maximum Gasteiger partial charge on any atom is 0.226 e. The van der Waals surface area contributed by atoms with E-state index < -0.39 is 0 Å². The molecule has 0 aromatic carbocycles. The van der Waals surface area contributed by atoms with Gasteiger partial charge in [-0.3, -0.25) is 4.79 Å². The first-order chi connectivity index (χ1) is 4.33. The van der Waals surface area contributed by atoms with E-state index in [9.17, 15) is 4.79 Å². The molecule has 1 amide bonds. The Kier molecular flexibility index (Phi) is 1.67. The average Bonchev–Trinajstić information content (AvgIpc) is 2.17. The molecule has 0 spiro atoms. The summed E-state index contributed by atoms with van der Waals surface area (Å²) in [7, 11) is 1.47. The van der Waals surface area contributed by atoms with Crippen molar-refractivity contribution in [2.45, 2.75) is 6.42 Å². The summed E-state index contributed by atoms with van der Waals surface area (Å²) in [5.41, 5.74) is 0.766. The first kappa shape index (κ1) is 6.07. The van der Waals surface area contributed by atoms with Gasteiger partial charge in [0, 0.05) is 0 Å². The Hall–Kier alpha value is -1.06. The fourth-order valence-corrected chi connectivity index (χ4v) is 0.705. The summed E-state index contributed by atoms with van der Waals surface area (Å²) in [5.74, 6) is 0.0193. The van der Waals surface area contributed by atoms with Crippen LogP contribution in [-0.2, 0) is 9.63 Å². The molecule has 1 aliphatic rings. The lowest BCUT2D eigenvalue weighted by Gasteiger charge is -1.87. The number of amides is 1. The van der Waals surface area contributed by atoms with E-state index in [0.29, 0.717) is 13.0 Å². The number of carbonyl (C=O) groups excluding carboxylic acids is 1. The molecule has 1 aliphatic heterocycles. The Morgan fingerprint density at radius 3 is 3.00 bits per heavy atom. The van der Waals surface area contributed by atoms with Gasteiger partial charge in [-0.1, -0.05) is 5.16 Å². The van der Waals surface area contributed by atoms with Gasteiger partial charge in [-0.15, -0.1) is 0 Å². The summed E-state index contributed by atoms with van der Waals surface area (Å²) in [5, 5.41) is 6.21. The van der Waals surface area contributed by atoms with Crippen LogP contribution < -0.4 is 5.32 Å². The maximum atomic E-state index is 10.5. The van der Waals surface area contributed by atoms with Crippen LogP contribution in [-0.4, -0.2) is 25.3 Å². The van der Waals surface area contributed by atoms with Gasteiger partial charge in [0.2, 0.25) is 5.91 Å². The molecule has 1 fully saturated rings. The predicted molar refractivity (Wildman–Crippen MR) is 32.1 cm³/mol. The number of rotatable bonds is 1. The van der Waals surface area contributed by atoms with E-state index in [2.05, 4.69) is 15.3 Å². The van der Waals surface area contributed by atoms with Crippen molar-refractivity contribution in [2.75, 3.05) is 13.7 Å². The smallest absolute Gasteiger partial charge is 0.226 e. The second kappa shape index (κ2) is 2.48. The Labute approximate surface area is 52.9 Å². The van der Waals surface area contributed by atoms with E-state index in [1.165, 1.54) is 7.11 Å². The largest absolute Gasteiger partial charge is 0.399 e. The molecule has 0 unspecified atom stereocenters. The minimum absolute atomic E-state index is 0.0193. The molecule has 9 heavy (non-hydrogen) atoms. The van der Waals surface area contributed by atoms with Crippen molar-refractivity contribution >= 4 is 11.6 Å². The van der Waals surface area contributed by atoms with Crippen LogP contribution in [0.5, 0.6) is 0 Å². The molecule has 4 nitrogen and oxygen atoms in total. The Morgan fingerprint density at radius 1 is 1.78 bits per heavy atom. The first-order valence-electron chi connectivity index (χ1n) is 2.68. The molecule has 0 aromatic rings. The van der Waals surface area contributed by atoms with E-state index in [1.54, 1.807) is 0 Å². The SMILES string of the molecule is CO/N=C1/CNC(=O)C1. The first-order valence-corrected chi connectivity index (χ1v) is 2.68. The van der Waals surface area contributed by atoms with Crippen molar-refractivity contribution < 1.29 is 9.63 Å². The number of oxime groups is 1. The molecule has 50 valence electrons. The third-order valence-electron chi connectivity index (χ3n) is 1.07. The van der Waals surface area contributed by atoms with Gasteiger partial charge in [0.15, 0.2) is 0 Å². The van der Waals surface area contributed by atoms with Gasteiger partial charge in [0.25, 0.3) is 0 Å². The second-order valence-electron chi connectivity index (χ2n) is 1.79. The zero-order chi connectivity index (χ0) is 6.69. The van der Waals surface area contributed by atoms with Gasteiger partial charge in [-0.05, 0) is 0 Å². The standard InChI is InChI=1S/C5H8N2O2/c1-9-7-4-2-5(8)6-3-4/h2-3H2,1H3,(H,6,8)/b7-4+. The lowest BCUT2D eigenvalue weighted by Crippen LogP contribution is -2.13. The molecule has 1 N–H and O–H groups in total. The zero-order valence-corrected chi connectivity index (χ0v) is 5.18. The van der Waals surface area contributed by atoms with Crippen LogP contribution in [0.1, 0.15) is 6.42 Å². The Bertz CT molecular complexity index is 153. The lowest BCUT2D eigenvalue weighted by molar-refractivity contribution is -0.118. The highest BCUT2D eigenvalue weighted by molar-refractivity contribution is 6.07. The summed E-state index contributed by atoms with van der Waals surface area (Å²) in [6, 6.07) is 0. The molecule has 1 heterocycles. The molecule has 4 heteroatoms. The van der Waals surface area contributed by atoms with E-state index in [0.717, 1.165) is 5.71 Å². The van der Waals surface area contributed by atoms with Gasteiger partial charge in [-0.2, -0.15) is 0 Å². The Balaban J connectivity index is 2.47. The summed E-state index contributed by atoms with van der Waals surface area (Å²) in [6.07, 6.45) is 0.383. The number of nitrogens with one attached hydrogen (secondary N) is 1. The average molecular weight is 128 g/mol. The number of hydrogen-bond acceptors (Lipinski definition) is 3. The van der Waals surface area contributed by atoms with Crippen LogP contribution >= 0.6 is 0 Å². The molecule has 0 bridgehead atoms. The third kappa shape index (κ3) is 1.42. The molecule has 0 radical (unpaired) electrons. The fourth-order valence-electron chi connectivity index (χ4n) is 0.705. The molecule has 0 atom stereocenters. The number of nitrogens with zero attached hydrogens (tertiary/aromatic N) is 1. The van der Waals surface area contributed by atoms with E-state index in [4.69, 9.17) is 0 Å². The summed E-state index contributed by atoms with van der Waals surface area (Å²) in [4.78, 5) is 15.0. The van der Waals surface area contributed by atoms with Crippen LogP contribution in [0.2, 0.25) is 0 Å². The number of carbonyl (C=O) groups is 1. The van der Waals surface area contributed by atoms with E-state index >= 15 is 0 Å². The van der Waals surface area contributed by atoms with Crippen LogP contribution in [0.4, 0.5) is 0 Å². The third-order valence-corrected chi connectivity index (χ3v) is 1.07. The number of hydrogen-bond donors (Lipinski definition) is 1. The maximum absolute atomic E-state index is 10.5. The van der Waals surface area contributed by atoms with Crippen molar-refractivity contribution in [3.63, 3.8) is 0 Å². The van der Waals surface area contributed by atoms with Gasteiger partial charge < -0.3 is 10.2 Å². The molecular weight excluding hydrogens is 120 g/mol. The monoisotopic (exact) mass is 128 g/mol. The highest BCUT2D eigenvalue weighted by atomic mass is 16.6. The molecule has 1 saturated heterocycles. The fraction of sp³-hybridized carbons (Fsp3) is 0.600. The van der Waals surface area contributed by atoms with Crippen LogP contribution in [0, 0.1) is 0 Å². The molecule has 0 aromatic heterocycles.